The number of nitrogens with one attached hydrogen (secondary N) is 2. The van der Waals surface area contributed by atoms with Crippen molar-refractivity contribution in [3.63, 3.8) is 0 Å². The van der Waals surface area contributed by atoms with Crippen LogP contribution in [0.1, 0.15) is 16.1 Å². The van der Waals surface area contributed by atoms with Gasteiger partial charge in [0, 0.05) is 24.4 Å². The molecule has 0 aliphatic heterocycles. The summed E-state index contributed by atoms with van der Waals surface area (Å²) in [6.45, 7) is 0.380. The average molecular weight is 394 g/mol. The van der Waals surface area contributed by atoms with Crippen molar-refractivity contribution < 1.29 is 19.0 Å². The number of carbonyl (C=O) groups excluding carboxylic acids is 1. The van der Waals surface area contributed by atoms with Gasteiger partial charge in [0.15, 0.2) is 11.5 Å². The lowest BCUT2D eigenvalue weighted by Gasteiger charge is -2.11. The van der Waals surface area contributed by atoms with Gasteiger partial charge in [-0.15, -0.1) is 0 Å². The highest BCUT2D eigenvalue weighted by Gasteiger charge is 2.10. The van der Waals surface area contributed by atoms with Crippen LogP contribution >= 0.6 is 0 Å². The molecule has 0 bridgehead atoms. The van der Waals surface area contributed by atoms with Crippen LogP contribution in [0.2, 0.25) is 0 Å². The Balaban J connectivity index is 1.66. The number of hydrogen-bond acceptors (Lipinski definition) is 7. The molecule has 0 unspecified atom stereocenters. The van der Waals surface area contributed by atoms with E-state index in [2.05, 4.69) is 20.6 Å². The van der Waals surface area contributed by atoms with Crippen LogP contribution in [0.25, 0.3) is 0 Å². The SMILES string of the molecule is COc1ccc(CNC(=O)c2cc(Nc3ccc(OC)c(OC)c3)ncn2)cc1. The normalized spacial score (nSPS) is 10.2. The van der Waals surface area contributed by atoms with E-state index in [4.69, 9.17) is 14.2 Å². The Hall–Kier alpha value is -3.81. The number of anilines is 2. The van der Waals surface area contributed by atoms with Gasteiger partial charge in [-0.2, -0.15) is 0 Å². The summed E-state index contributed by atoms with van der Waals surface area (Å²) in [7, 11) is 4.75. The number of hydrogen-bond donors (Lipinski definition) is 2. The van der Waals surface area contributed by atoms with Crippen molar-refractivity contribution in [3.8, 4) is 17.2 Å². The lowest BCUT2D eigenvalue weighted by atomic mass is 10.2. The van der Waals surface area contributed by atoms with Gasteiger partial charge in [-0.25, -0.2) is 9.97 Å². The maximum atomic E-state index is 12.4. The fourth-order valence-electron chi connectivity index (χ4n) is 2.63. The standard InChI is InChI=1S/C21H22N4O4/c1-27-16-7-4-14(5-8-16)12-22-21(26)17-11-20(24-13-23-17)25-15-6-9-18(28-2)19(10-15)29-3/h4-11,13H,12H2,1-3H3,(H,22,26)(H,23,24,25). The fourth-order valence-corrected chi connectivity index (χ4v) is 2.63. The molecule has 0 aliphatic carbocycles. The molecule has 1 heterocycles. The Morgan fingerprint density at radius 2 is 1.66 bits per heavy atom. The predicted molar refractivity (Wildman–Crippen MR) is 109 cm³/mol. The van der Waals surface area contributed by atoms with E-state index in [0.717, 1.165) is 17.0 Å². The zero-order chi connectivity index (χ0) is 20.6. The highest BCUT2D eigenvalue weighted by Crippen LogP contribution is 2.30. The third kappa shape index (κ3) is 5.13. The second-order valence-corrected chi connectivity index (χ2v) is 6.01. The Morgan fingerprint density at radius 1 is 0.897 bits per heavy atom. The number of carbonyl (C=O) groups is 1. The third-order valence-corrected chi connectivity index (χ3v) is 4.17. The number of aromatic nitrogens is 2. The van der Waals surface area contributed by atoms with Gasteiger partial charge >= 0.3 is 0 Å². The maximum absolute atomic E-state index is 12.4. The van der Waals surface area contributed by atoms with Crippen LogP contribution in [0.15, 0.2) is 54.9 Å². The van der Waals surface area contributed by atoms with Gasteiger partial charge in [0.05, 0.1) is 21.3 Å². The Kier molecular flexibility index (Phi) is 6.47. The van der Waals surface area contributed by atoms with Crippen molar-refractivity contribution in [2.24, 2.45) is 0 Å². The molecule has 29 heavy (non-hydrogen) atoms. The van der Waals surface area contributed by atoms with Gasteiger partial charge in [0.2, 0.25) is 0 Å². The minimum Gasteiger partial charge on any atom is -0.497 e. The van der Waals surface area contributed by atoms with E-state index in [1.54, 1.807) is 39.5 Å². The van der Waals surface area contributed by atoms with Crippen LogP contribution in [0.4, 0.5) is 11.5 Å². The third-order valence-electron chi connectivity index (χ3n) is 4.17. The van der Waals surface area contributed by atoms with Gasteiger partial charge in [-0.3, -0.25) is 4.79 Å². The molecule has 0 fully saturated rings. The highest BCUT2D eigenvalue weighted by atomic mass is 16.5. The quantitative estimate of drug-likeness (QED) is 0.606. The first-order chi connectivity index (χ1) is 14.1. The van der Waals surface area contributed by atoms with Gasteiger partial charge < -0.3 is 24.8 Å². The molecule has 1 amide bonds. The molecule has 0 atom stereocenters. The molecule has 1 aromatic heterocycles. The summed E-state index contributed by atoms with van der Waals surface area (Å²) >= 11 is 0. The van der Waals surface area contributed by atoms with Crippen molar-refractivity contribution in [2.75, 3.05) is 26.6 Å². The lowest BCUT2D eigenvalue weighted by molar-refractivity contribution is 0.0946. The molecule has 2 N–H and O–H groups in total. The molecule has 0 saturated heterocycles. The van der Waals surface area contributed by atoms with Gasteiger partial charge in [0.1, 0.15) is 23.6 Å². The molecule has 0 spiro atoms. The van der Waals surface area contributed by atoms with E-state index in [-0.39, 0.29) is 11.6 Å². The molecule has 3 rings (SSSR count). The van der Waals surface area contributed by atoms with E-state index < -0.39 is 0 Å². The largest absolute Gasteiger partial charge is 0.497 e. The predicted octanol–water partition coefficient (Wildman–Crippen LogP) is 3.18. The number of methoxy groups -OCH3 is 3. The minimum atomic E-state index is -0.293. The van der Waals surface area contributed by atoms with Crippen LogP contribution in [0.3, 0.4) is 0 Å². The molecular weight excluding hydrogens is 372 g/mol. The monoisotopic (exact) mass is 394 g/mol. The van der Waals surface area contributed by atoms with Crippen molar-refractivity contribution >= 4 is 17.4 Å². The van der Waals surface area contributed by atoms with Crippen molar-refractivity contribution in [1.82, 2.24) is 15.3 Å². The first-order valence-corrected chi connectivity index (χ1v) is 8.85. The molecule has 0 radical (unpaired) electrons. The van der Waals surface area contributed by atoms with Crippen LogP contribution in [0, 0.1) is 0 Å². The first kappa shape index (κ1) is 19.9. The van der Waals surface area contributed by atoms with E-state index >= 15 is 0 Å². The second kappa shape index (κ2) is 9.41. The number of ether oxygens (including phenoxy) is 3. The molecule has 8 heteroatoms. The smallest absolute Gasteiger partial charge is 0.270 e. The summed E-state index contributed by atoms with van der Waals surface area (Å²) < 4.78 is 15.7. The second-order valence-electron chi connectivity index (χ2n) is 6.01. The van der Waals surface area contributed by atoms with E-state index in [1.807, 2.05) is 30.3 Å². The Morgan fingerprint density at radius 3 is 2.34 bits per heavy atom. The molecule has 8 nitrogen and oxygen atoms in total. The topological polar surface area (TPSA) is 94.6 Å². The van der Waals surface area contributed by atoms with Gasteiger partial charge in [-0.1, -0.05) is 12.1 Å². The van der Waals surface area contributed by atoms with Crippen molar-refractivity contribution in [3.05, 3.63) is 66.1 Å². The zero-order valence-corrected chi connectivity index (χ0v) is 16.4. The number of rotatable bonds is 8. The molecular formula is C21H22N4O4. The number of amides is 1. The van der Waals surface area contributed by atoms with Crippen LogP contribution in [-0.4, -0.2) is 37.2 Å². The van der Waals surface area contributed by atoms with E-state index in [1.165, 1.54) is 6.33 Å². The molecule has 150 valence electrons. The van der Waals surface area contributed by atoms with Gasteiger partial charge in [0.25, 0.3) is 5.91 Å². The Labute approximate surface area is 168 Å². The van der Waals surface area contributed by atoms with Crippen molar-refractivity contribution in [2.45, 2.75) is 6.54 Å². The summed E-state index contributed by atoms with van der Waals surface area (Å²) in [6.07, 6.45) is 1.34. The molecule has 3 aromatic rings. The van der Waals surface area contributed by atoms with Crippen LogP contribution in [-0.2, 0) is 6.54 Å². The summed E-state index contributed by atoms with van der Waals surface area (Å²) in [5.74, 6) is 2.17. The summed E-state index contributed by atoms with van der Waals surface area (Å²) in [5, 5.41) is 5.97. The summed E-state index contributed by atoms with van der Waals surface area (Å²) in [5.41, 5.74) is 1.96. The molecule has 0 aliphatic rings. The summed E-state index contributed by atoms with van der Waals surface area (Å²) in [4.78, 5) is 20.7. The molecule has 2 aromatic carbocycles. The van der Waals surface area contributed by atoms with Gasteiger partial charge in [-0.05, 0) is 29.8 Å². The van der Waals surface area contributed by atoms with E-state index in [9.17, 15) is 4.79 Å². The lowest BCUT2D eigenvalue weighted by Crippen LogP contribution is -2.24. The van der Waals surface area contributed by atoms with Crippen LogP contribution in [0.5, 0.6) is 17.2 Å². The zero-order valence-electron chi connectivity index (χ0n) is 16.4. The van der Waals surface area contributed by atoms with Crippen molar-refractivity contribution in [1.29, 1.82) is 0 Å². The summed E-state index contributed by atoms with van der Waals surface area (Å²) in [6, 6.07) is 14.4. The highest BCUT2D eigenvalue weighted by molar-refractivity contribution is 5.92. The maximum Gasteiger partial charge on any atom is 0.270 e. The minimum absolute atomic E-state index is 0.261. The molecule has 0 saturated carbocycles. The number of nitrogens with zero attached hydrogens (tertiary/aromatic N) is 2. The van der Waals surface area contributed by atoms with Crippen LogP contribution < -0.4 is 24.8 Å². The number of benzene rings is 2. The fraction of sp³-hybridized carbons (Fsp3) is 0.190. The van der Waals surface area contributed by atoms with E-state index in [0.29, 0.717) is 23.9 Å². The Bertz CT molecular complexity index is 977. The average Bonchev–Trinajstić information content (AvgIpc) is 2.77. The first-order valence-electron chi connectivity index (χ1n) is 8.85.